The van der Waals surface area contributed by atoms with Gasteiger partial charge < -0.3 is 10.5 Å². The Morgan fingerprint density at radius 3 is 2.71 bits per heavy atom. The van der Waals surface area contributed by atoms with Crippen molar-refractivity contribution in [3.8, 4) is 0 Å². The van der Waals surface area contributed by atoms with Gasteiger partial charge in [-0.3, -0.25) is 0 Å². The lowest BCUT2D eigenvalue weighted by atomic mass is 10.3. The van der Waals surface area contributed by atoms with Crippen molar-refractivity contribution < 1.29 is 5.21 Å². The second-order valence-corrected chi connectivity index (χ2v) is 3.49. The van der Waals surface area contributed by atoms with Crippen molar-refractivity contribution in [2.24, 2.45) is 5.16 Å². The Morgan fingerprint density at radius 1 is 1.24 bits per heavy atom. The Labute approximate surface area is 98.9 Å². The van der Waals surface area contributed by atoms with Gasteiger partial charge in [-0.1, -0.05) is 23.4 Å². The lowest BCUT2D eigenvalue weighted by Gasteiger charge is -2.05. The predicted octanol–water partition coefficient (Wildman–Crippen LogP) is 2.34. The molecule has 0 atom stereocenters. The van der Waals surface area contributed by atoms with Gasteiger partial charge in [0.15, 0.2) is 0 Å². The number of anilines is 2. The van der Waals surface area contributed by atoms with E-state index in [1.807, 2.05) is 37.3 Å². The molecule has 0 bridgehead atoms. The summed E-state index contributed by atoms with van der Waals surface area (Å²) in [6.45, 7) is 1.85. The third-order valence-corrected chi connectivity index (χ3v) is 2.09. The minimum absolute atomic E-state index is 0.478. The van der Waals surface area contributed by atoms with E-state index in [0.29, 0.717) is 11.6 Å². The lowest BCUT2D eigenvalue weighted by Crippen LogP contribution is -2.01. The summed E-state index contributed by atoms with van der Waals surface area (Å²) in [6, 6.07) is 11.4. The highest BCUT2D eigenvalue weighted by Gasteiger charge is 2.01. The normalized spacial score (nSPS) is 10.6. The Balaban J connectivity index is 2.27. The van der Waals surface area contributed by atoms with Crippen LogP contribution >= 0.6 is 0 Å². The minimum atomic E-state index is 0.478. The van der Waals surface area contributed by atoms with Gasteiger partial charge in [-0.05, 0) is 25.1 Å². The van der Waals surface area contributed by atoms with Crippen LogP contribution in [0.5, 0.6) is 0 Å². The zero-order valence-electron chi connectivity index (χ0n) is 9.33. The summed E-state index contributed by atoms with van der Waals surface area (Å²) >= 11 is 0. The molecule has 2 rings (SSSR count). The van der Waals surface area contributed by atoms with Gasteiger partial charge in [0.2, 0.25) is 5.95 Å². The number of para-hydroxylation sites is 1. The SMILES string of the molecule is Cc1cc(/C=N/O)nc(Nc2ccccc2)n1. The van der Waals surface area contributed by atoms with Crippen LogP contribution in [0, 0.1) is 6.92 Å². The van der Waals surface area contributed by atoms with Gasteiger partial charge in [0, 0.05) is 11.4 Å². The van der Waals surface area contributed by atoms with Gasteiger partial charge in [0.05, 0.1) is 11.9 Å². The molecule has 0 saturated heterocycles. The molecule has 0 amide bonds. The maximum absolute atomic E-state index is 8.48. The fourth-order valence-corrected chi connectivity index (χ4v) is 1.42. The molecule has 0 aliphatic heterocycles. The molecular weight excluding hydrogens is 216 g/mol. The maximum Gasteiger partial charge on any atom is 0.228 e. The summed E-state index contributed by atoms with van der Waals surface area (Å²) in [5.41, 5.74) is 2.26. The number of nitrogens with one attached hydrogen (secondary N) is 1. The van der Waals surface area contributed by atoms with Crippen molar-refractivity contribution in [1.29, 1.82) is 0 Å². The third-order valence-electron chi connectivity index (χ3n) is 2.09. The summed E-state index contributed by atoms with van der Waals surface area (Å²) in [5.74, 6) is 0.478. The largest absolute Gasteiger partial charge is 0.411 e. The Morgan fingerprint density at radius 2 is 2.00 bits per heavy atom. The zero-order chi connectivity index (χ0) is 12.1. The molecule has 5 heteroatoms. The number of aromatic nitrogens is 2. The van der Waals surface area contributed by atoms with Crippen LogP contribution in [0.1, 0.15) is 11.4 Å². The number of oxime groups is 1. The topological polar surface area (TPSA) is 70.4 Å². The van der Waals surface area contributed by atoms with Crippen LogP contribution < -0.4 is 5.32 Å². The second-order valence-electron chi connectivity index (χ2n) is 3.49. The Hall–Kier alpha value is -2.43. The summed E-state index contributed by atoms with van der Waals surface area (Å²) in [6.07, 6.45) is 1.27. The van der Waals surface area contributed by atoms with Crippen molar-refractivity contribution in [1.82, 2.24) is 9.97 Å². The van der Waals surface area contributed by atoms with Crippen molar-refractivity contribution in [3.05, 3.63) is 47.8 Å². The minimum Gasteiger partial charge on any atom is -0.411 e. The van der Waals surface area contributed by atoms with Gasteiger partial charge >= 0.3 is 0 Å². The van der Waals surface area contributed by atoms with Crippen LogP contribution in [0.4, 0.5) is 11.6 Å². The van der Waals surface area contributed by atoms with Crippen molar-refractivity contribution in [3.63, 3.8) is 0 Å². The van der Waals surface area contributed by atoms with Crippen molar-refractivity contribution in [2.45, 2.75) is 6.92 Å². The number of nitrogens with zero attached hydrogens (tertiary/aromatic N) is 3. The van der Waals surface area contributed by atoms with E-state index in [-0.39, 0.29) is 0 Å². The summed E-state index contributed by atoms with van der Waals surface area (Å²) in [5, 5.41) is 14.5. The first-order chi connectivity index (χ1) is 8.28. The van der Waals surface area contributed by atoms with E-state index in [1.165, 1.54) is 6.21 Å². The average molecular weight is 228 g/mol. The number of hydrogen-bond donors (Lipinski definition) is 2. The van der Waals surface area contributed by atoms with Crippen LogP contribution in [-0.2, 0) is 0 Å². The number of benzene rings is 1. The molecule has 0 radical (unpaired) electrons. The van der Waals surface area contributed by atoms with Gasteiger partial charge in [-0.25, -0.2) is 9.97 Å². The summed E-state index contributed by atoms with van der Waals surface area (Å²) < 4.78 is 0. The monoisotopic (exact) mass is 228 g/mol. The van der Waals surface area contributed by atoms with E-state index >= 15 is 0 Å². The van der Waals surface area contributed by atoms with E-state index in [9.17, 15) is 0 Å². The molecule has 0 aliphatic carbocycles. The van der Waals surface area contributed by atoms with Gasteiger partial charge in [-0.15, -0.1) is 0 Å². The average Bonchev–Trinajstić information content (AvgIpc) is 2.30. The molecule has 0 spiro atoms. The van der Waals surface area contributed by atoms with Crippen molar-refractivity contribution in [2.75, 3.05) is 5.32 Å². The van der Waals surface area contributed by atoms with Crippen LogP contribution in [0.25, 0.3) is 0 Å². The van der Waals surface area contributed by atoms with Crippen LogP contribution in [0.15, 0.2) is 41.6 Å². The molecule has 17 heavy (non-hydrogen) atoms. The summed E-state index contributed by atoms with van der Waals surface area (Å²) in [4.78, 5) is 8.43. The fourth-order valence-electron chi connectivity index (χ4n) is 1.42. The molecule has 0 unspecified atom stereocenters. The van der Waals surface area contributed by atoms with E-state index in [1.54, 1.807) is 6.07 Å². The standard InChI is InChI=1S/C12H12N4O/c1-9-7-11(8-13-17)16-12(14-9)15-10-5-3-2-4-6-10/h2-8,17H,1H3,(H,14,15,16)/b13-8+. The smallest absolute Gasteiger partial charge is 0.228 e. The van der Waals surface area contributed by atoms with Gasteiger partial charge in [0.1, 0.15) is 0 Å². The first kappa shape index (κ1) is 11.1. The van der Waals surface area contributed by atoms with E-state index < -0.39 is 0 Å². The molecule has 1 aromatic heterocycles. The molecule has 86 valence electrons. The zero-order valence-corrected chi connectivity index (χ0v) is 9.33. The molecule has 0 fully saturated rings. The lowest BCUT2D eigenvalue weighted by molar-refractivity contribution is 0.321. The van der Waals surface area contributed by atoms with Crippen LogP contribution in [0.3, 0.4) is 0 Å². The first-order valence-corrected chi connectivity index (χ1v) is 5.13. The molecular formula is C12H12N4O. The quantitative estimate of drug-likeness (QED) is 0.480. The highest BCUT2D eigenvalue weighted by Crippen LogP contribution is 2.12. The maximum atomic E-state index is 8.48. The Kier molecular flexibility index (Phi) is 3.30. The van der Waals surface area contributed by atoms with Gasteiger partial charge in [0.25, 0.3) is 0 Å². The molecule has 2 N–H and O–H groups in total. The molecule has 0 saturated carbocycles. The molecule has 2 aromatic rings. The van der Waals surface area contributed by atoms with Crippen LogP contribution in [0.2, 0.25) is 0 Å². The third kappa shape index (κ3) is 3.01. The molecule has 0 aliphatic rings. The summed E-state index contributed by atoms with van der Waals surface area (Å²) in [7, 11) is 0. The van der Waals surface area contributed by atoms with Crippen molar-refractivity contribution >= 4 is 17.9 Å². The molecule has 1 heterocycles. The Bertz CT molecular complexity index is 525. The van der Waals surface area contributed by atoms with E-state index in [2.05, 4.69) is 20.4 Å². The first-order valence-electron chi connectivity index (χ1n) is 5.13. The van der Waals surface area contributed by atoms with E-state index in [4.69, 9.17) is 5.21 Å². The second kappa shape index (κ2) is 5.07. The van der Waals surface area contributed by atoms with E-state index in [0.717, 1.165) is 11.4 Å². The van der Waals surface area contributed by atoms with Crippen LogP contribution in [-0.4, -0.2) is 21.4 Å². The fraction of sp³-hybridized carbons (Fsp3) is 0.0833. The highest BCUT2D eigenvalue weighted by molar-refractivity contribution is 5.77. The predicted molar refractivity (Wildman–Crippen MR) is 65.9 cm³/mol. The number of rotatable bonds is 3. The molecule has 1 aromatic carbocycles. The highest BCUT2D eigenvalue weighted by atomic mass is 16.4. The number of hydrogen-bond acceptors (Lipinski definition) is 5. The number of aryl methyl sites for hydroxylation is 1. The van der Waals surface area contributed by atoms with Gasteiger partial charge in [-0.2, -0.15) is 0 Å². The molecule has 5 nitrogen and oxygen atoms in total.